The number of fused-ring (bicyclic) bond motifs is 1. The van der Waals surface area contributed by atoms with Gasteiger partial charge in [0.05, 0.1) is 23.7 Å². The Morgan fingerprint density at radius 3 is 2.55 bits per heavy atom. The number of para-hydroxylation sites is 2. The van der Waals surface area contributed by atoms with Crippen molar-refractivity contribution >= 4 is 16.9 Å². The molecule has 1 N–H and O–H groups in total. The normalized spacial score (nSPS) is 12.3. The predicted molar refractivity (Wildman–Crippen MR) is 126 cm³/mol. The number of aromatic nitrogens is 2. The van der Waals surface area contributed by atoms with Gasteiger partial charge < -0.3 is 14.6 Å². The zero-order chi connectivity index (χ0) is 22.4. The molecule has 5 heteroatoms. The maximum Gasteiger partial charge on any atom is 0.223 e. The SMILES string of the molecule is CCC(CC)C(=O)NC(C)c1nc2ccccc2n1CCCOc1ccc(C)c(C)c1. The van der Waals surface area contributed by atoms with E-state index in [2.05, 4.69) is 55.8 Å². The van der Waals surface area contributed by atoms with Crippen LogP contribution in [-0.2, 0) is 11.3 Å². The molecule has 2 aromatic carbocycles. The smallest absolute Gasteiger partial charge is 0.223 e. The molecule has 0 aliphatic rings. The van der Waals surface area contributed by atoms with Crippen molar-refractivity contribution in [3.63, 3.8) is 0 Å². The van der Waals surface area contributed by atoms with Gasteiger partial charge in [-0.3, -0.25) is 4.79 Å². The van der Waals surface area contributed by atoms with Crippen LogP contribution in [0.15, 0.2) is 42.5 Å². The van der Waals surface area contributed by atoms with Crippen LogP contribution in [0, 0.1) is 19.8 Å². The second-order valence-corrected chi connectivity index (χ2v) is 8.30. The zero-order valence-electron chi connectivity index (χ0n) is 19.4. The highest BCUT2D eigenvalue weighted by molar-refractivity contribution is 5.79. The third kappa shape index (κ3) is 5.46. The first-order valence-electron chi connectivity index (χ1n) is 11.4. The molecule has 1 atom stereocenters. The molecule has 1 aromatic heterocycles. The molecule has 166 valence electrons. The maximum absolute atomic E-state index is 12.6. The average Bonchev–Trinajstić information content (AvgIpc) is 3.13. The van der Waals surface area contributed by atoms with Crippen molar-refractivity contribution in [2.45, 2.75) is 66.5 Å². The molecule has 1 unspecified atom stereocenters. The monoisotopic (exact) mass is 421 g/mol. The molecule has 3 rings (SSSR count). The molecule has 0 fully saturated rings. The van der Waals surface area contributed by atoms with Crippen molar-refractivity contribution in [1.29, 1.82) is 0 Å². The lowest BCUT2D eigenvalue weighted by Gasteiger charge is -2.19. The summed E-state index contributed by atoms with van der Waals surface area (Å²) < 4.78 is 8.19. The number of rotatable bonds is 10. The number of carbonyl (C=O) groups excluding carboxylic acids is 1. The van der Waals surface area contributed by atoms with Gasteiger partial charge in [-0.05, 0) is 75.4 Å². The Morgan fingerprint density at radius 1 is 1.10 bits per heavy atom. The number of carbonyl (C=O) groups is 1. The van der Waals surface area contributed by atoms with Crippen molar-refractivity contribution in [1.82, 2.24) is 14.9 Å². The summed E-state index contributed by atoms with van der Waals surface area (Å²) in [5.74, 6) is 1.96. The molecule has 0 radical (unpaired) electrons. The van der Waals surface area contributed by atoms with Gasteiger partial charge in [0.2, 0.25) is 5.91 Å². The Kier molecular flexibility index (Phi) is 7.72. The topological polar surface area (TPSA) is 56.2 Å². The molecule has 0 bridgehead atoms. The van der Waals surface area contributed by atoms with Gasteiger partial charge in [-0.15, -0.1) is 0 Å². The maximum atomic E-state index is 12.6. The summed E-state index contributed by atoms with van der Waals surface area (Å²) in [7, 11) is 0. The van der Waals surface area contributed by atoms with Crippen molar-refractivity contribution in [3.8, 4) is 5.75 Å². The number of nitrogens with one attached hydrogen (secondary N) is 1. The minimum atomic E-state index is -0.152. The molecule has 0 saturated carbocycles. The van der Waals surface area contributed by atoms with E-state index in [0.29, 0.717) is 6.61 Å². The standard InChI is InChI=1S/C26H35N3O2/c1-6-21(7-2)26(30)27-20(5)25-28-23-11-8-9-12-24(23)29(25)15-10-16-31-22-14-13-18(3)19(4)17-22/h8-9,11-14,17,20-21H,6-7,10,15-16H2,1-5H3,(H,27,30). The van der Waals surface area contributed by atoms with E-state index in [9.17, 15) is 4.79 Å². The van der Waals surface area contributed by atoms with E-state index in [1.807, 2.05) is 31.2 Å². The first-order valence-corrected chi connectivity index (χ1v) is 11.4. The van der Waals surface area contributed by atoms with Crippen molar-refractivity contribution in [2.24, 2.45) is 5.92 Å². The van der Waals surface area contributed by atoms with Crippen molar-refractivity contribution in [3.05, 3.63) is 59.4 Å². The number of aryl methyl sites for hydroxylation is 3. The van der Waals surface area contributed by atoms with Crippen LogP contribution in [0.3, 0.4) is 0 Å². The molecule has 5 nitrogen and oxygen atoms in total. The number of imidazole rings is 1. The number of ether oxygens (including phenoxy) is 1. The van der Waals surface area contributed by atoms with Crippen molar-refractivity contribution < 1.29 is 9.53 Å². The minimum absolute atomic E-state index is 0.0478. The van der Waals surface area contributed by atoms with Crippen molar-refractivity contribution in [2.75, 3.05) is 6.61 Å². The summed E-state index contributed by atoms with van der Waals surface area (Å²) in [6.45, 7) is 11.8. The van der Waals surface area contributed by atoms with Gasteiger partial charge in [0, 0.05) is 12.5 Å². The largest absolute Gasteiger partial charge is 0.494 e. The van der Waals surface area contributed by atoms with E-state index in [0.717, 1.165) is 48.4 Å². The van der Waals surface area contributed by atoms with E-state index >= 15 is 0 Å². The second kappa shape index (κ2) is 10.5. The molecule has 1 heterocycles. The van der Waals surface area contributed by atoms with Gasteiger partial charge in [0.1, 0.15) is 11.6 Å². The Balaban J connectivity index is 1.71. The van der Waals surface area contributed by atoms with Gasteiger partial charge in [0.15, 0.2) is 0 Å². The predicted octanol–water partition coefficient (Wildman–Crippen LogP) is 5.74. The van der Waals surface area contributed by atoms with Crippen LogP contribution >= 0.6 is 0 Å². The van der Waals surface area contributed by atoms with Gasteiger partial charge in [-0.1, -0.05) is 32.0 Å². The Bertz CT molecular complexity index is 1020. The third-order valence-electron chi connectivity index (χ3n) is 6.06. The van der Waals surface area contributed by atoms with E-state index in [1.165, 1.54) is 11.1 Å². The molecule has 3 aromatic rings. The summed E-state index contributed by atoms with van der Waals surface area (Å²) in [4.78, 5) is 17.5. The zero-order valence-corrected chi connectivity index (χ0v) is 19.4. The first kappa shape index (κ1) is 22.9. The van der Waals surface area contributed by atoms with E-state index < -0.39 is 0 Å². The molecular formula is C26H35N3O2. The molecule has 0 aliphatic heterocycles. The quantitative estimate of drug-likeness (QED) is 0.425. The minimum Gasteiger partial charge on any atom is -0.494 e. The Morgan fingerprint density at radius 2 is 1.84 bits per heavy atom. The van der Waals surface area contributed by atoms with Crippen LogP contribution in [0.1, 0.15) is 63.0 Å². The molecule has 31 heavy (non-hydrogen) atoms. The Hall–Kier alpha value is -2.82. The Labute approximate surface area is 185 Å². The fourth-order valence-corrected chi connectivity index (χ4v) is 3.93. The summed E-state index contributed by atoms with van der Waals surface area (Å²) in [6.07, 6.45) is 2.55. The summed E-state index contributed by atoms with van der Waals surface area (Å²) >= 11 is 0. The molecule has 0 saturated heterocycles. The molecule has 0 aliphatic carbocycles. The van der Waals surface area contributed by atoms with Gasteiger partial charge >= 0.3 is 0 Å². The fraction of sp³-hybridized carbons (Fsp3) is 0.462. The number of amides is 1. The van der Waals surface area contributed by atoms with Crippen LogP contribution in [0.25, 0.3) is 11.0 Å². The number of hydrogen-bond donors (Lipinski definition) is 1. The first-order chi connectivity index (χ1) is 14.9. The lowest BCUT2D eigenvalue weighted by Crippen LogP contribution is -2.33. The summed E-state index contributed by atoms with van der Waals surface area (Å²) in [5.41, 5.74) is 4.55. The summed E-state index contributed by atoms with van der Waals surface area (Å²) in [6, 6.07) is 14.2. The fourth-order valence-electron chi connectivity index (χ4n) is 3.93. The van der Waals surface area contributed by atoms with Crippen LogP contribution < -0.4 is 10.1 Å². The highest BCUT2D eigenvalue weighted by Gasteiger charge is 2.21. The van der Waals surface area contributed by atoms with E-state index in [1.54, 1.807) is 0 Å². The second-order valence-electron chi connectivity index (χ2n) is 8.30. The van der Waals surface area contributed by atoms with Crippen LogP contribution in [0.5, 0.6) is 5.75 Å². The highest BCUT2D eigenvalue weighted by Crippen LogP contribution is 2.23. The van der Waals surface area contributed by atoms with E-state index in [-0.39, 0.29) is 17.9 Å². The molecule has 1 amide bonds. The lowest BCUT2D eigenvalue weighted by molar-refractivity contribution is -0.125. The summed E-state index contributed by atoms with van der Waals surface area (Å²) in [5, 5.41) is 3.17. The lowest BCUT2D eigenvalue weighted by atomic mass is 10.0. The van der Waals surface area contributed by atoms with Gasteiger partial charge in [-0.2, -0.15) is 0 Å². The van der Waals surface area contributed by atoms with Gasteiger partial charge in [-0.25, -0.2) is 4.98 Å². The third-order valence-corrected chi connectivity index (χ3v) is 6.06. The van der Waals surface area contributed by atoms with E-state index in [4.69, 9.17) is 9.72 Å². The number of benzene rings is 2. The molecular weight excluding hydrogens is 386 g/mol. The number of hydrogen-bond acceptors (Lipinski definition) is 3. The van der Waals surface area contributed by atoms with Crippen LogP contribution in [-0.4, -0.2) is 22.1 Å². The van der Waals surface area contributed by atoms with Crippen LogP contribution in [0.2, 0.25) is 0 Å². The van der Waals surface area contributed by atoms with Gasteiger partial charge in [0.25, 0.3) is 0 Å². The number of nitrogens with zero attached hydrogens (tertiary/aromatic N) is 2. The molecule has 0 spiro atoms. The average molecular weight is 422 g/mol. The highest BCUT2D eigenvalue weighted by atomic mass is 16.5. The van der Waals surface area contributed by atoms with Crippen LogP contribution in [0.4, 0.5) is 0 Å².